The normalized spacial score (nSPS) is 16.4. The van der Waals surface area contributed by atoms with Crippen LogP contribution >= 0.6 is 11.8 Å². The van der Waals surface area contributed by atoms with Crippen LogP contribution in [0, 0.1) is 0 Å². The van der Waals surface area contributed by atoms with Crippen molar-refractivity contribution in [2.24, 2.45) is 5.14 Å². The predicted molar refractivity (Wildman–Crippen MR) is 110 cm³/mol. The van der Waals surface area contributed by atoms with E-state index in [2.05, 4.69) is 4.98 Å². The Morgan fingerprint density at radius 1 is 1.30 bits per heavy atom. The second-order valence-corrected chi connectivity index (χ2v) is 9.48. The minimum absolute atomic E-state index is 0.0113. The number of fused-ring (bicyclic) bond motifs is 2. The number of nitrogens with zero attached hydrogens (tertiary/aromatic N) is 3. The number of benzene rings is 2. The molecule has 0 radical (unpaired) electrons. The maximum Gasteiger partial charge on any atom is 0.321 e. The first kappa shape index (κ1) is 20.8. The number of sulfonamides is 1. The zero-order valence-corrected chi connectivity index (χ0v) is 17.5. The second kappa shape index (κ2) is 7.64. The molecule has 0 fully saturated rings. The number of halogens is 2. The average molecular weight is 453 g/mol. The number of para-hydroxylation sites is 2. The van der Waals surface area contributed by atoms with Crippen LogP contribution in [0.1, 0.15) is 19.0 Å². The SMILES string of the molecule is C[C@H]1Cc2cc(S(N)(=O)=O)ccc2N1C(=O)CSc1nc2ccccc2n1C(F)F. The molecule has 1 aliphatic heterocycles. The topological polar surface area (TPSA) is 98.3 Å². The summed E-state index contributed by atoms with van der Waals surface area (Å²) in [5.74, 6) is -0.362. The highest BCUT2D eigenvalue weighted by molar-refractivity contribution is 7.99. The third kappa shape index (κ3) is 3.68. The van der Waals surface area contributed by atoms with Crippen LogP contribution in [0.3, 0.4) is 0 Å². The largest absolute Gasteiger partial charge is 0.321 e. The lowest BCUT2D eigenvalue weighted by molar-refractivity contribution is -0.116. The van der Waals surface area contributed by atoms with E-state index in [0.717, 1.165) is 16.3 Å². The molecule has 3 aromatic rings. The molecule has 0 aliphatic carbocycles. The van der Waals surface area contributed by atoms with Crippen LogP contribution in [0.2, 0.25) is 0 Å². The van der Waals surface area contributed by atoms with Gasteiger partial charge in [0.05, 0.1) is 21.7 Å². The van der Waals surface area contributed by atoms with Crippen molar-refractivity contribution < 1.29 is 22.0 Å². The molecular weight excluding hydrogens is 434 g/mol. The van der Waals surface area contributed by atoms with Crippen molar-refractivity contribution in [2.45, 2.75) is 36.0 Å². The number of primary sulfonamides is 1. The molecule has 30 heavy (non-hydrogen) atoms. The Hall–Kier alpha value is -2.50. The highest BCUT2D eigenvalue weighted by Crippen LogP contribution is 2.35. The molecule has 2 aromatic carbocycles. The van der Waals surface area contributed by atoms with Gasteiger partial charge in [0.25, 0.3) is 0 Å². The number of alkyl halides is 2. The number of aromatic nitrogens is 2. The maximum absolute atomic E-state index is 13.6. The van der Waals surface area contributed by atoms with Gasteiger partial charge in [-0.05, 0) is 49.2 Å². The molecule has 11 heteroatoms. The van der Waals surface area contributed by atoms with Crippen molar-refractivity contribution in [2.75, 3.05) is 10.7 Å². The van der Waals surface area contributed by atoms with E-state index in [0.29, 0.717) is 28.7 Å². The molecule has 2 heterocycles. The van der Waals surface area contributed by atoms with Gasteiger partial charge in [-0.15, -0.1) is 0 Å². The molecule has 0 unspecified atom stereocenters. The maximum atomic E-state index is 13.6. The van der Waals surface area contributed by atoms with Crippen molar-refractivity contribution in [3.63, 3.8) is 0 Å². The summed E-state index contributed by atoms with van der Waals surface area (Å²) in [4.78, 5) is 18.7. The third-order valence-electron chi connectivity index (χ3n) is 4.95. The van der Waals surface area contributed by atoms with E-state index in [9.17, 15) is 22.0 Å². The number of carbonyl (C=O) groups excluding carboxylic acids is 1. The van der Waals surface area contributed by atoms with E-state index in [4.69, 9.17) is 5.14 Å². The number of thioether (sulfide) groups is 1. The third-order valence-corrected chi connectivity index (χ3v) is 6.80. The van der Waals surface area contributed by atoms with Gasteiger partial charge in [-0.3, -0.25) is 9.36 Å². The first-order valence-corrected chi connectivity index (χ1v) is 11.6. The van der Waals surface area contributed by atoms with Gasteiger partial charge in [0.1, 0.15) is 0 Å². The highest BCUT2D eigenvalue weighted by atomic mass is 32.2. The van der Waals surface area contributed by atoms with E-state index in [1.165, 1.54) is 12.1 Å². The van der Waals surface area contributed by atoms with Gasteiger partial charge in [0, 0.05) is 11.7 Å². The van der Waals surface area contributed by atoms with Gasteiger partial charge >= 0.3 is 6.55 Å². The van der Waals surface area contributed by atoms with Crippen LogP contribution < -0.4 is 10.0 Å². The fraction of sp³-hybridized carbons (Fsp3) is 0.263. The summed E-state index contributed by atoms with van der Waals surface area (Å²) in [5.41, 5.74) is 2.04. The number of anilines is 1. The van der Waals surface area contributed by atoms with Crippen molar-refractivity contribution >= 4 is 44.4 Å². The van der Waals surface area contributed by atoms with E-state index in [-0.39, 0.29) is 27.8 Å². The molecule has 0 bridgehead atoms. The molecule has 158 valence electrons. The Bertz CT molecular complexity index is 1240. The Balaban J connectivity index is 1.58. The van der Waals surface area contributed by atoms with Crippen molar-refractivity contribution in [3.8, 4) is 0 Å². The van der Waals surface area contributed by atoms with Crippen LogP contribution in [0.15, 0.2) is 52.5 Å². The van der Waals surface area contributed by atoms with E-state index < -0.39 is 16.6 Å². The number of hydrogen-bond acceptors (Lipinski definition) is 5. The summed E-state index contributed by atoms with van der Waals surface area (Å²) >= 11 is 0.945. The summed E-state index contributed by atoms with van der Waals surface area (Å²) in [5, 5.41) is 5.25. The highest BCUT2D eigenvalue weighted by Gasteiger charge is 2.32. The Labute approximate surface area is 175 Å². The molecule has 1 aromatic heterocycles. The number of rotatable bonds is 5. The molecule has 1 amide bonds. The van der Waals surface area contributed by atoms with Gasteiger partial charge in [-0.2, -0.15) is 8.78 Å². The summed E-state index contributed by atoms with van der Waals surface area (Å²) < 4.78 is 51.1. The predicted octanol–water partition coefficient (Wildman–Crippen LogP) is 3.15. The zero-order chi connectivity index (χ0) is 21.6. The van der Waals surface area contributed by atoms with Crippen LogP contribution in [0.5, 0.6) is 0 Å². The van der Waals surface area contributed by atoms with Gasteiger partial charge < -0.3 is 4.90 Å². The molecule has 1 aliphatic rings. The molecule has 0 saturated carbocycles. The fourth-order valence-corrected chi connectivity index (χ4v) is 5.11. The molecule has 2 N–H and O–H groups in total. The molecular formula is C19H18F2N4O3S2. The van der Waals surface area contributed by atoms with Crippen LogP contribution in [-0.4, -0.2) is 35.7 Å². The first-order valence-electron chi connectivity index (χ1n) is 9.02. The molecule has 1 atom stereocenters. The van der Waals surface area contributed by atoms with Crippen molar-refractivity contribution in [1.82, 2.24) is 9.55 Å². The smallest absolute Gasteiger partial charge is 0.308 e. The first-order chi connectivity index (χ1) is 14.2. The van der Waals surface area contributed by atoms with Crippen molar-refractivity contribution in [3.05, 3.63) is 48.0 Å². The number of hydrogen-bond donors (Lipinski definition) is 1. The number of amides is 1. The molecule has 4 rings (SSSR count). The van der Waals surface area contributed by atoms with Crippen LogP contribution in [0.25, 0.3) is 11.0 Å². The summed E-state index contributed by atoms with van der Waals surface area (Å²) in [6.07, 6.45) is 0.477. The van der Waals surface area contributed by atoms with Crippen LogP contribution in [0.4, 0.5) is 14.5 Å². The second-order valence-electron chi connectivity index (χ2n) is 6.97. The Morgan fingerprint density at radius 2 is 2.03 bits per heavy atom. The summed E-state index contributed by atoms with van der Waals surface area (Å²) in [7, 11) is -3.84. The zero-order valence-electron chi connectivity index (χ0n) is 15.8. The molecule has 7 nitrogen and oxygen atoms in total. The van der Waals surface area contributed by atoms with E-state index in [1.54, 1.807) is 35.2 Å². The van der Waals surface area contributed by atoms with Crippen LogP contribution in [-0.2, 0) is 21.2 Å². The molecule has 0 spiro atoms. The van der Waals surface area contributed by atoms with E-state index in [1.807, 2.05) is 6.92 Å². The van der Waals surface area contributed by atoms with Gasteiger partial charge in [0.15, 0.2) is 5.16 Å². The minimum Gasteiger partial charge on any atom is -0.308 e. The lowest BCUT2D eigenvalue weighted by Gasteiger charge is -2.22. The minimum atomic E-state index is -3.84. The lowest BCUT2D eigenvalue weighted by Crippen LogP contribution is -2.37. The van der Waals surface area contributed by atoms with Crippen molar-refractivity contribution in [1.29, 1.82) is 0 Å². The van der Waals surface area contributed by atoms with Gasteiger partial charge in [-0.1, -0.05) is 23.9 Å². The quantitative estimate of drug-likeness (QED) is 0.600. The Kier molecular flexibility index (Phi) is 5.28. The number of imidazole rings is 1. The van der Waals surface area contributed by atoms with Gasteiger partial charge in [-0.25, -0.2) is 18.5 Å². The number of carbonyl (C=O) groups is 1. The molecule has 0 saturated heterocycles. The fourth-order valence-electron chi connectivity index (χ4n) is 3.67. The monoisotopic (exact) mass is 452 g/mol. The van der Waals surface area contributed by atoms with Gasteiger partial charge in [0.2, 0.25) is 15.9 Å². The average Bonchev–Trinajstić information content (AvgIpc) is 3.21. The standard InChI is InChI=1S/C19H18F2N4O3S2/c1-11-8-12-9-13(30(22,27)28)6-7-15(12)24(11)17(26)10-29-19-23-14-4-2-3-5-16(14)25(19)18(20)21/h2-7,9,11,18H,8,10H2,1H3,(H2,22,27,28)/t11-/m0/s1. The summed E-state index contributed by atoms with van der Waals surface area (Å²) in [6.45, 7) is -0.939. The summed E-state index contributed by atoms with van der Waals surface area (Å²) in [6, 6.07) is 10.7. The van der Waals surface area contributed by atoms with E-state index >= 15 is 0 Å². The number of nitrogens with two attached hydrogens (primary N) is 1. The Morgan fingerprint density at radius 3 is 2.73 bits per heavy atom. The lowest BCUT2D eigenvalue weighted by atomic mass is 10.1.